The molecule has 0 saturated carbocycles. The molecular weight excluding hydrogens is 282 g/mol. The molecule has 0 aliphatic carbocycles. The summed E-state index contributed by atoms with van der Waals surface area (Å²) >= 11 is 0. The Bertz CT molecular complexity index is 385. The Kier molecular flexibility index (Phi) is 7.90. The van der Waals surface area contributed by atoms with Gasteiger partial charge in [-0.1, -0.05) is 0 Å². The van der Waals surface area contributed by atoms with Crippen molar-refractivity contribution in [1.29, 1.82) is 0 Å². The summed E-state index contributed by atoms with van der Waals surface area (Å²) in [5.74, 6) is -3.39. The SMILES string of the molecule is CC(=O)NC(C)(CO)C(O)C(CCCC(=O)O)CC(=O)O. The van der Waals surface area contributed by atoms with Crippen molar-refractivity contribution >= 4 is 17.8 Å². The van der Waals surface area contributed by atoms with Crippen molar-refractivity contribution in [1.82, 2.24) is 5.32 Å². The van der Waals surface area contributed by atoms with Gasteiger partial charge in [0.1, 0.15) is 0 Å². The first kappa shape index (κ1) is 19.3. The standard InChI is InChI=1S/C13H23NO7/c1-8(16)14-13(2,7-15)12(21)9(6-11(19)20)4-3-5-10(17)18/h9,12,15,21H,3-7H2,1-2H3,(H,14,16)(H,17,18)(H,19,20). The maximum absolute atomic E-state index is 11.1. The molecule has 3 atom stereocenters. The van der Waals surface area contributed by atoms with Gasteiger partial charge in [0.15, 0.2) is 0 Å². The zero-order valence-corrected chi connectivity index (χ0v) is 12.2. The van der Waals surface area contributed by atoms with E-state index in [2.05, 4.69) is 5.32 Å². The van der Waals surface area contributed by atoms with Crippen LogP contribution in [0.15, 0.2) is 0 Å². The van der Waals surface area contributed by atoms with E-state index >= 15 is 0 Å². The average Bonchev–Trinajstić information content (AvgIpc) is 2.34. The number of aliphatic hydroxyl groups is 2. The van der Waals surface area contributed by atoms with E-state index < -0.39 is 42.0 Å². The van der Waals surface area contributed by atoms with Crippen LogP contribution >= 0.6 is 0 Å². The molecule has 8 nitrogen and oxygen atoms in total. The first-order chi connectivity index (χ1) is 9.62. The van der Waals surface area contributed by atoms with Crippen molar-refractivity contribution in [2.24, 2.45) is 5.92 Å². The van der Waals surface area contributed by atoms with E-state index in [1.165, 1.54) is 13.8 Å². The van der Waals surface area contributed by atoms with Gasteiger partial charge in [0, 0.05) is 13.3 Å². The molecule has 0 aromatic carbocycles. The lowest BCUT2D eigenvalue weighted by Crippen LogP contribution is -2.59. The van der Waals surface area contributed by atoms with Crippen LogP contribution in [0.4, 0.5) is 0 Å². The number of hydrogen-bond acceptors (Lipinski definition) is 5. The number of carboxylic acids is 2. The predicted molar refractivity (Wildman–Crippen MR) is 72.5 cm³/mol. The molecule has 5 N–H and O–H groups in total. The summed E-state index contributed by atoms with van der Waals surface area (Å²) in [6.45, 7) is 2.06. The topological polar surface area (TPSA) is 144 Å². The Morgan fingerprint density at radius 2 is 1.76 bits per heavy atom. The number of nitrogens with one attached hydrogen (secondary N) is 1. The van der Waals surface area contributed by atoms with E-state index in [1.807, 2.05) is 0 Å². The van der Waals surface area contributed by atoms with E-state index in [4.69, 9.17) is 10.2 Å². The predicted octanol–water partition coefficient (Wildman–Crippen LogP) is -0.420. The highest BCUT2D eigenvalue weighted by Crippen LogP contribution is 2.25. The maximum Gasteiger partial charge on any atom is 0.303 e. The normalized spacial score (nSPS) is 16.6. The number of rotatable bonds is 10. The third-order valence-corrected chi connectivity index (χ3v) is 3.29. The highest BCUT2D eigenvalue weighted by atomic mass is 16.4. The van der Waals surface area contributed by atoms with Gasteiger partial charge in [0.2, 0.25) is 5.91 Å². The molecule has 122 valence electrons. The molecule has 0 aliphatic rings. The third kappa shape index (κ3) is 7.05. The Hall–Kier alpha value is -1.67. The van der Waals surface area contributed by atoms with Crippen LogP contribution in [0.25, 0.3) is 0 Å². The lowest BCUT2D eigenvalue weighted by Gasteiger charge is -2.37. The van der Waals surface area contributed by atoms with Crippen LogP contribution in [0.5, 0.6) is 0 Å². The minimum atomic E-state index is -1.38. The average molecular weight is 305 g/mol. The fourth-order valence-electron chi connectivity index (χ4n) is 2.24. The van der Waals surface area contributed by atoms with Crippen LogP contribution in [0, 0.1) is 5.92 Å². The van der Waals surface area contributed by atoms with Gasteiger partial charge in [-0.3, -0.25) is 14.4 Å². The van der Waals surface area contributed by atoms with Crippen LogP contribution in [0.3, 0.4) is 0 Å². The van der Waals surface area contributed by atoms with E-state index in [0.29, 0.717) is 0 Å². The molecule has 0 aromatic rings. The molecule has 0 saturated heterocycles. The van der Waals surface area contributed by atoms with Crippen molar-refractivity contribution in [3.05, 3.63) is 0 Å². The lowest BCUT2D eigenvalue weighted by molar-refractivity contribution is -0.140. The van der Waals surface area contributed by atoms with Crippen molar-refractivity contribution in [2.75, 3.05) is 6.61 Å². The van der Waals surface area contributed by atoms with Gasteiger partial charge >= 0.3 is 11.9 Å². The van der Waals surface area contributed by atoms with Gasteiger partial charge in [0.25, 0.3) is 0 Å². The van der Waals surface area contributed by atoms with E-state index in [-0.39, 0.29) is 25.7 Å². The molecule has 21 heavy (non-hydrogen) atoms. The molecule has 1 amide bonds. The van der Waals surface area contributed by atoms with Crippen molar-refractivity contribution in [2.45, 2.75) is 51.2 Å². The molecule has 0 aromatic heterocycles. The summed E-state index contributed by atoms with van der Waals surface area (Å²) in [4.78, 5) is 32.5. The first-order valence-electron chi connectivity index (χ1n) is 6.63. The van der Waals surface area contributed by atoms with E-state index in [9.17, 15) is 24.6 Å². The number of amides is 1. The molecule has 0 rings (SSSR count). The Morgan fingerprint density at radius 3 is 2.14 bits per heavy atom. The van der Waals surface area contributed by atoms with Gasteiger partial charge in [-0.2, -0.15) is 0 Å². The van der Waals surface area contributed by atoms with Gasteiger partial charge in [-0.05, 0) is 25.7 Å². The fraction of sp³-hybridized carbons (Fsp3) is 0.769. The number of aliphatic hydroxyl groups excluding tert-OH is 2. The van der Waals surface area contributed by atoms with Crippen molar-refractivity contribution in [3.8, 4) is 0 Å². The summed E-state index contributed by atoms with van der Waals surface area (Å²) in [6.07, 6.45) is -1.47. The Balaban J connectivity index is 4.96. The molecule has 0 heterocycles. The highest BCUT2D eigenvalue weighted by Gasteiger charge is 2.39. The molecule has 0 radical (unpaired) electrons. The summed E-state index contributed by atoms with van der Waals surface area (Å²) in [7, 11) is 0. The molecule has 0 bridgehead atoms. The Morgan fingerprint density at radius 1 is 1.19 bits per heavy atom. The Labute approximate surface area is 122 Å². The molecule has 3 unspecified atom stereocenters. The molecule has 0 spiro atoms. The van der Waals surface area contributed by atoms with Crippen LogP contribution in [-0.4, -0.2) is 56.5 Å². The smallest absolute Gasteiger partial charge is 0.303 e. The quantitative estimate of drug-likeness (QED) is 0.368. The second kappa shape index (κ2) is 8.58. The highest BCUT2D eigenvalue weighted by molar-refractivity contribution is 5.74. The second-order valence-corrected chi connectivity index (χ2v) is 5.35. The van der Waals surface area contributed by atoms with Gasteiger partial charge in [0.05, 0.1) is 24.7 Å². The zero-order chi connectivity index (χ0) is 16.6. The molecular formula is C13H23NO7. The number of carbonyl (C=O) groups excluding carboxylic acids is 1. The lowest BCUT2D eigenvalue weighted by atomic mass is 9.81. The minimum absolute atomic E-state index is 0.140. The number of carbonyl (C=O) groups is 3. The monoisotopic (exact) mass is 305 g/mol. The number of aliphatic carboxylic acids is 2. The number of carboxylic acid groups (broad SMARTS) is 2. The summed E-state index contributed by atoms with van der Waals surface area (Å²) in [5.41, 5.74) is -1.38. The molecule has 0 aliphatic heterocycles. The first-order valence-corrected chi connectivity index (χ1v) is 6.63. The van der Waals surface area contributed by atoms with Crippen molar-refractivity contribution < 1.29 is 34.8 Å². The van der Waals surface area contributed by atoms with Gasteiger partial charge in [-0.25, -0.2) is 0 Å². The van der Waals surface area contributed by atoms with E-state index in [0.717, 1.165) is 0 Å². The minimum Gasteiger partial charge on any atom is -0.481 e. The van der Waals surface area contributed by atoms with Crippen LogP contribution in [-0.2, 0) is 14.4 Å². The summed E-state index contributed by atoms with van der Waals surface area (Å²) in [6, 6.07) is 0. The maximum atomic E-state index is 11.1. The molecule has 0 fully saturated rings. The van der Waals surface area contributed by atoms with E-state index in [1.54, 1.807) is 0 Å². The van der Waals surface area contributed by atoms with Crippen molar-refractivity contribution in [3.63, 3.8) is 0 Å². The van der Waals surface area contributed by atoms with Crippen LogP contribution in [0.2, 0.25) is 0 Å². The second-order valence-electron chi connectivity index (χ2n) is 5.35. The largest absolute Gasteiger partial charge is 0.481 e. The van der Waals surface area contributed by atoms with Gasteiger partial charge < -0.3 is 25.7 Å². The fourth-order valence-corrected chi connectivity index (χ4v) is 2.24. The van der Waals surface area contributed by atoms with Crippen LogP contribution < -0.4 is 5.32 Å². The zero-order valence-electron chi connectivity index (χ0n) is 12.2. The number of hydrogen-bond donors (Lipinski definition) is 5. The van der Waals surface area contributed by atoms with Gasteiger partial charge in [-0.15, -0.1) is 0 Å². The van der Waals surface area contributed by atoms with Crippen LogP contribution in [0.1, 0.15) is 39.5 Å². The molecule has 8 heteroatoms. The summed E-state index contributed by atoms with van der Waals surface area (Å²) < 4.78 is 0. The third-order valence-electron chi connectivity index (χ3n) is 3.29. The summed E-state index contributed by atoms with van der Waals surface area (Å²) in [5, 5.41) is 39.6.